The molecule has 182 valence electrons. The van der Waals surface area contributed by atoms with Crippen LogP contribution in [0.4, 0.5) is 13.9 Å². The zero-order valence-corrected chi connectivity index (χ0v) is 20.5. The third-order valence-electron chi connectivity index (χ3n) is 5.73. The van der Waals surface area contributed by atoms with Crippen LogP contribution in [-0.2, 0) is 14.8 Å². The molecule has 1 atom stereocenters. The van der Waals surface area contributed by atoms with Gasteiger partial charge in [-0.05, 0) is 43.2 Å². The van der Waals surface area contributed by atoms with Crippen LogP contribution in [0.15, 0.2) is 41.3 Å². The summed E-state index contributed by atoms with van der Waals surface area (Å²) >= 11 is 1.01. The second-order valence-electron chi connectivity index (χ2n) is 7.90. The van der Waals surface area contributed by atoms with Gasteiger partial charge in [0.05, 0.1) is 22.2 Å². The Morgan fingerprint density at radius 3 is 2.50 bits per heavy atom. The van der Waals surface area contributed by atoms with Gasteiger partial charge in [0.1, 0.15) is 11.3 Å². The van der Waals surface area contributed by atoms with Crippen molar-refractivity contribution in [3.8, 4) is 0 Å². The van der Waals surface area contributed by atoms with E-state index in [0.29, 0.717) is 24.4 Å². The number of rotatable bonds is 8. The summed E-state index contributed by atoms with van der Waals surface area (Å²) in [5, 5.41) is 0.222. The lowest BCUT2D eigenvalue weighted by atomic mass is 10.2. The topological polar surface area (TPSA) is 79.8 Å². The van der Waals surface area contributed by atoms with Crippen molar-refractivity contribution in [2.24, 2.45) is 0 Å². The van der Waals surface area contributed by atoms with Crippen molar-refractivity contribution < 1.29 is 26.7 Å². The van der Waals surface area contributed by atoms with Crippen LogP contribution in [0.3, 0.4) is 0 Å². The van der Waals surface area contributed by atoms with Gasteiger partial charge in [0.15, 0.2) is 10.9 Å². The van der Waals surface area contributed by atoms with Crippen LogP contribution in [0, 0.1) is 11.6 Å². The second-order valence-corrected chi connectivity index (χ2v) is 10.8. The number of halogens is 2. The largest absolute Gasteiger partial charge is 0.376 e. The predicted molar refractivity (Wildman–Crippen MR) is 127 cm³/mol. The standard InChI is InChI=1S/C23H25F2N3O4S2/c1-3-27(4-2)34(30,31)18-9-7-15(8-10-18)22(29)28(14-17-6-5-11-32-17)23-26-21-19(25)12-16(24)13-20(21)33-23/h7-10,12-13,17H,3-6,11,14H2,1-2H3. The van der Waals surface area contributed by atoms with E-state index in [0.717, 1.165) is 30.2 Å². The molecular weight excluding hydrogens is 484 g/mol. The highest BCUT2D eigenvalue weighted by Gasteiger charge is 2.28. The van der Waals surface area contributed by atoms with E-state index in [-0.39, 0.29) is 33.8 Å². The molecule has 1 fully saturated rings. The summed E-state index contributed by atoms with van der Waals surface area (Å²) in [4.78, 5) is 19.2. The van der Waals surface area contributed by atoms with Crippen LogP contribution in [-0.4, -0.2) is 56.0 Å². The first-order valence-electron chi connectivity index (χ1n) is 11.0. The molecule has 7 nitrogen and oxygen atoms in total. The van der Waals surface area contributed by atoms with E-state index >= 15 is 0 Å². The molecule has 2 heterocycles. The van der Waals surface area contributed by atoms with Crippen LogP contribution in [0.2, 0.25) is 0 Å². The van der Waals surface area contributed by atoms with Crippen molar-refractivity contribution in [2.75, 3.05) is 31.1 Å². The number of amides is 1. The number of carbonyl (C=O) groups excluding carboxylic acids is 1. The molecule has 1 amide bonds. The Kier molecular flexibility index (Phi) is 7.27. The average Bonchev–Trinajstić information content (AvgIpc) is 3.47. The Labute approximate surface area is 201 Å². The fourth-order valence-electron chi connectivity index (χ4n) is 3.94. The van der Waals surface area contributed by atoms with Crippen molar-refractivity contribution in [1.82, 2.24) is 9.29 Å². The third kappa shape index (κ3) is 4.83. The molecule has 3 aromatic rings. The lowest BCUT2D eigenvalue weighted by molar-refractivity contribution is 0.0917. The normalized spacial score (nSPS) is 16.4. The summed E-state index contributed by atoms with van der Waals surface area (Å²) in [6, 6.07) is 7.65. The lowest BCUT2D eigenvalue weighted by Crippen LogP contribution is -2.37. The van der Waals surface area contributed by atoms with Crippen molar-refractivity contribution in [3.05, 3.63) is 53.6 Å². The number of carbonyl (C=O) groups is 1. The Morgan fingerprint density at radius 1 is 1.18 bits per heavy atom. The number of aromatic nitrogens is 1. The van der Waals surface area contributed by atoms with Gasteiger partial charge in [-0.2, -0.15) is 4.31 Å². The highest BCUT2D eigenvalue weighted by molar-refractivity contribution is 7.89. The number of ether oxygens (including phenoxy) is 1. The van der Waals surface area contributed by atoms with Gasteiger partial charge in [-0.25, -0.2) is 22.2 Å². The zero-order valence-electron chi connectivity index (χ0n) is 18.8. The molecular formula is C23H25F2N3O4S2. The van der Waals surface area contributed by atoms with Crippen molar-refractivity contribution >= 4 is 42.6 Å². The van der Waals surface area contributed by atoms with E-state index < -0.39 is 27.6 Å². The molecule has 1 aliphatic heterocycles. The SMILES string of the molecule is CCN(CC)S(=O)(=O)c1ccc(C(=O)N(CC2CCCO2)c2nc3c(F)cc(F)cc3s2)cc1. The van der Waals surface area contributed by atoms with Gasteiger partial charge in [-0.15, -0.1) is 0 Å². The van der Waals surface area contributed by atoms with Crippen LogP contribution in [0.25, 0.3) is 10.2 Å². The van der Waals surface area contributed by atoms with Crippen LogP contribution in [0.1, 0.15) is 37.0 Å². The minimum Gasteiger partial charge on any atom is -0.376 e. The highest BCUT2D eigenvalue weighted by Crippen LogP contribution is 2.33. The molecule has 11 heteroatoms. The molecule has 2 aromatic carbocycles. The number of sulfonamides is 1. The van der Waals surface area contributed by atoms with E-state index in [9.17, 15) is 22.0 Å². The summed E-state index contributed by atoms with van der Waals surface area (Å²) in [6.45, 7) is 4.97. The number of hydrogen-bond donors (Lipinski definition) is 0. The van der Waals surface area contributed by atoms with Crippen LogP contribution >= 0.6 is 11.3 Å². The molecule has 0 N–H and O–H groups in total. The number of hydrogen-bond acceptors (Lipinski definition) is 6. The van der Waals surface area contributed by atoms with E-state index in [1.54, 1.807) is 13.8 Å². The Bertz CT molecular complexity index is 1290. The molecule has 0 spiro atoms. The van der Waals surface area contributed by atoms with Gasteiger partial charge in [0.25, 0.3) is 5.91 Å². The summed E-state index contributed by atoms with van der Waals surface area (Å²) in [5.74, 6) is -1.95. The smallest absolute Gasteiger partial charge is 0.260 e. The fourth-order valence-corrected chi connectivity index (χ4v) is 6.41. The number of benzene rings is 2. The van der Waals surface area contributed by atoms with Gasteiger partial charge >= 0.3 is 0 Å². The number of fused-ring (bicyclic) bond motifs is 1. The summed E-state index contributed by atoms with van der Waals surface area (Å²) < 4.78 is 60.8. The maximum atomic E-state index is 14.2. The fraction of sp³-hybridized carbons (Fsp3) is 0.391. The van der Waals surface area contributed by atoms with Crippen LogP contribution in [0.5, 0.6) is 0 Å². The van der Waals surface area contributed by atoms with Gasteiger partial charge < -0.3 is 4.74 Å². The quantitative estimate of drug-likeness (QED) is 0.449. The van der Waals surface area contributed by atoms with Gasteiger partial charge in [0, 0.05) is 31.3 Å². The average molecular weight is 510 g/mol. The number of nitrogens with zero attached hydrogens (tertiary/aromatic N) is 3. The molecule has 0 aliphatic carbocycles. The summed E-state index contributed by atoms with van der Waals surface area (Å²) in [5.41, 5.74) is 0.245. The molecule has 4 rings (SSSR count). The molecule has 1 saturated heterocycles. The minimum absolute atomic E-state index is 0.00722. The lowest BCUT2D eigenvalue weighted by Gasteiger charge is -2.23. The third-order valence-corrected chi connectivity index (χ3v) is 8.82. The van der Waals surface area contributed by atoms with Crippen molar-refractivity contribution in [2.45, 2.75) is 37.7 Å². The monoisotopic (exact) mass is 509 g/mol. The number of anilines is 1. The highest BCUT2D eigenvalue weighted by atomic mass is 32.2. The summed E-state index contributed by atoms with van der Waals surface area (Å²) in [6.07, 6.45) is 1.42. The zero-order chi connectivity index (χ0) is 24.5. The van der Waals surface area contributed by atoms with E-state index in [4.69, 9.17) is 4.74 Å². The van der Waals surface area contributed by atoms with Gasteiger partial charge in [0.2, 0.25) is 10.0 Å². The molecule has 34 heavy (non-hydrogen) atoms. The summed E-state index contributed by atoms with van der Waals surface area (Å²) in [7, 11) is -3.66. The molecule has 1 aliphatic rings. The first kappa shape index (κ1) is 24.6. The Balaban J connectivity index is 1.68. The number of thiazole rings is 1. The van der Waals surface area contributed by atoms with Gasteiger partial charge in [-0.3, -0.25) is 9.69 Å². The Hall–Kier alpha value is -2.47. The molecule has 1 unspecified atom stereocenters. The van der Waals surface area contributed by atoms with E-state index in [2.05, 4.69) is 4.98 Å². The Morgan fingerprint density at radius 2 is 1.88 bits per heavy atom. The second kappa shape index (κ2) is 10.0. The van der Waals surface area contributed by atoms with Gasteiger partial charge in [-0.1, -0.05) is 25.2 Å². The van der Waals surface area contributed by atoms with Crippen LogP contribution < -0.4 is 4.90 Å². The van der Waals surface area contributed by atoms with E-state index in [1.807, 2.05) is 0 Å². The molecule has 1 aromatic heterocycles. The molecule has 0 saturated carbocycles. The van der Waals surface area contributed by atoms with E-state index in [1.165, 1.54) is 39.5 Å². The maximum Gasteiger partial charge on any atom is 0.260 e. The first-order valence-corrected chi connectivity index (χ1v) is 13.3. The van der Waals surface area contributed by atoms with Crippen molar-refractivity contribution in [3.63, 3.8) is 0 Å². The van der Waals surface area contributed by atoms with Crippen molar-refractivity contribution in [1.29, 1.82) is 0 Å². The predicted octanol–water partition coefficient (Wildman–Crippen LogP) is 4.43. The first-order chi connectivity index (χ1) is 16.2. The molecule has 0 bridgehead atoms. The molecule has 0 radical (unpaired) electrons. The maximum absolute atomic E-state index is 14.2. The minimum atomic E-state index is -3.66.